The molecule has 1 aliphatic heterocycles. The molecule has 0 unspecified atom stereocenters. The molecule has 2 aliphatic carbocycles. The summed E-state index contributed by atoms with van der Waals surface area (Å²) in [5, 5.41) is 9.24. The smallest absolute Gasteiger partial charge is 0.222 e. The van der Waals surface area contributed by atoms with Crippen LogP contribution in [0.4, 0.5) is 0 Å². The summed E-state index contributed by atoms with van der Waals surface area (Å²) in [6.07, 6.45) is 9.09. The second kappa shape index (κ2) is 7.19. The standard InChI is InChI=1S/C24H33N3O/c1-26(2)24(20-6-4-3-5-7-20)14-12-23(13-15-24)16-17-27(19-23)21(28)8-9-22(18-25)10-11-22/h3-7H,8-17,19H2,1-2H3. The maximum Gasteiger partial charge on any atom is 0.222 e. The van der Waals surface area contributed by atoms with Gasteiger partial charge in [-0.2, -0.15) is 5.26 Å². The molecule has 4 nitrogen and oxygen atoms in total. The normalized spacial score (nSPS) is 31.1. The summed E-state index contributed by atoms with van der Waals surface area (Å²) in [7, 11) is 4.41. The summed E-state index contributed by atoms with van der Waals surface area (Å²) in [5.41, 5.74) is 1.68. The van der Waals surface area contributed by atoms with Crippen LogP contribution in [-0.2, 0) is 10.3 Å². The van der Waals surface area contributed by atoms with Crippen LogP contribution in [0.3, 0.4) is 0 Å². The Morgan fingerprint density at radius 1 is 1.07 bits per heavy atom. The van der Waals surface area contributed by atoms with Crippen LogP contribution in [0, 0.1) is 22.2 Å². The van der Waals surface area contributed by atoms with Crippen molar-refractivity contribution >= 4 is 5.91 Å². The Morgan fingerprint density at radius 3 is 2.32 bits per heavy atom. The maximum absolute atomic E-state index is 12.7. The van der Waals surface area contributed by atoms with Crippen molar-refractivity contribution in [2.24, 2.45) is 10.8 Å². The Bertz CT molecular complexity index is 752. The number of benzene rings is 1. The van der Waals surface area contributed by atoms with Gasteiger partial charge in [-0.25, -0.2) is 0 Å². The maximum atomic E-state index is 12.7. The van der Waals surface area contributed by atoms with Crippen molar-refractivity contribution in [3.05, 3.63) is 35.9 Å². The first-order valence-corrected chi connectivity index (χ1v) is 10.8. The highest BCUT2D eigenvalue weighted by molar-refractivity contribution is 5.76. The van der Waals surface area contributed by atoms with E-state index >= 15 is 0 Å². The molecule has 1 amide bonds. The van der Waals surface area contributed by atoms with Crippen LogP contribution in [0.15, 0.2) is 30.3 Å². The third-order valence-electron chi connectivity index (χ3n) is 8.00. The van der Waals surface area contributed by atoms with Crippen LogP contribution in [0.2, 0.25) is 0 Å². The number of rotatable bonds is 5. The number of hydrogen-bond donors (Lipinski definition) is 0. The molecule has 1 aromatic rings. The van der Waals surface area contributed by atoms with Crippen LogP contribution in [0.1, 0.15) is 63.4 Å². The fourth-order valence-electron chi connectivity index (χ4n) is 5.57. The minimum atomic E-state index is -0.168. The summed E-state index contributed by atoms with van der Waals surface area (Å²) in [4.78, 5) is 17.2. The molecule has 4 rings (SSSR count). The van der Waals surface area contributed by atoms with Gasteiger partial charge < -0.3 is 4.90 Å². The van der Waals surface area contributed by atoms with Crippen molar-refractivity contribution in [3.8, 4) is 6.07 Å². The van der Waals surface area contributed by atoms with Gasteiger partial charge in [-0.3, -0.25) is 9.69 Å². The van der Waals surface area contributed by atoms with Gasteiger partial charge in [-0.1, -0.05) is 30.3 Å². The van der Waals surface area contributed by atoms with E-state index in [0.29, 0.717) is 11.8 Å². The fraction of sp³-hybridized carbons (Fsp3) is 0.667. The summed E-state index contributed by atoms with van der Waals surface area (Å²) in [6, 6.07) is 13.3. The molecule has 1 aromatic carbocycles. The van der Waals surface area contributed by atoms with E-state index in [1.54, 1.807) is 0 Å². The first-order chi connectivity index (χ1) is 13.4. The molecule has 3 fully saturated rings. The van der Waals surface area contributed by atoms with E-state index in [0.717, 1.165) is 51.6 Å². The van der Waals surface area contributed by atoms with Crippen LogP contribution < -0.4 is 0 Å². The largest absolute Gasteiger partial charge is 0.342 e. The Balaban J connectivity index is 1.38. The molecule has 0 radical (unpaired) electrons. The molecule has 150 valence electrons. The number of carbonyl (C=O) groups is 1. The topological polar surface area (TPSA) is 47.3 Å². The lowest BCUT2D eigenvalue weighted by Gasteiger charge is -2.49. The van der Waals surface area contributed by atoms with Crippen molar-refractivity contribution in [1.29, 1.82) is 5.26 Å². The molecule has 1 saturated heterocycles. The van der Waals surface area contributed by atoms with Crippen LogP contribution >= 0.6 is 0 Å². The predicted molar refractivity (Wildman–Crippen MR) is 110 cm³/mol. The zero-order valence-corrected chi connectivity index (χ0v) is 17.4. The Labute approximate surface area is 169 Å². The van der Waals surface area contributed by atoms with Gasteiger partial charge in [0.1, 0.15) is 0 Å². The fourth-order valence-corrected chi connectivity index (χ4v) is 5.57. The number of nitriles is 1. The van der Waals surface area contributed by atoms with Gasteiger partial charge in [0.05, 0.1) is 11.5 Å². The van der Waals surface area contributed by atoms with Crippen molar-refractivity contribution in [1.82, 2.24) is 9.80 Å². The Morgan fingerprint density at radius 2 is 1.75 bits per heavy atom. The van der Waals surface area contributed by atoms with Crippen molar-refractivity contribution < 1.29 is 4.79 Å². The first-order valence-electron chi connectivity index (χ1n) is 10.8. The molecule has 0 atom stereocenters. The number of carbonyl (C=O) groups excluding carboxylic acids is 1. The van der Waals surface area contributed by atoms with E-state index in [1.807, 2.05) is 0 Å². The molecular weight excluding hydrogens is 346 g/mol. The lowest BCUT2D eigenvalue weighted by Crippen LogP contribution is -2.47. The van der Waals surface area contributed by atoms with Gasteiger partial charge in [-0.15, -0.1) is 0 Å². The zero-order valence-electron chi connectivity index (χ0n) is 17.4. The van der Waals surface area contributed by atoms with Gasteiger partial charge >= 0.3 is 0 Å². The van der Waals surface area contributed by atoms with Gasteiger partial charge in [0.2, 0.25) is 5.91 Å². The number of hydrogen-bond acceptors (Lipinski definition) is 3. The van der Waals surface area contributed by atoms with E-state index in [1.165, 1.54) is 18.4 Å². The lowest BCUT2D eigenvalue weighted by molar-refractivity contribution is -0.131. The van der Waals surface area contributed by atoms with Crippen molar-refractivity contribution in [3.63, 3.8) is 0 Å². The Kier molecular flexibility index (Phi) is 5.00. The second-order valence-electron chi connectivity index (χ2n) is 9.75. The zero-order chi connectivity index (χ0) is 19.8. The van der Waals surface area contributed by atoms with Gasteiger partial charge in [0.15, 0.2) is 0 Å². The molecule has 1 heterocycles. The predicted octanol–water partition coefficient (Wildman–Crippen LogP) is 4.32. The molecule has 4 heteroatoms. The summed E-state index contributed by atoms with van der Waals surface area (Å²) >= 11 is 0. The lowest BCUT2D eigenvalue weighted by atomic mass is 9.64. The third kappa shape index (κ3) is 3.46. The van der Waals surface area contributed by atoms with E-state index < -0.39 is 0 Å². The Hall–Kier alpha value is -1.86. The van der Waals surface area contributed by atoms with Crippen LogP contribution in [0.5, 0.6) is 0 Å². The molecule has 1 spiro atoms. The van der Waals surface area contributed by atoms with Gasteiger partial charge in [0.25, 0.3) is 0 Å². The third-order valence-corrected chi connectivity index (χ3v) is 8.00. The number of amides is 1. The van der Waals surface area contributed by atoms with Crippen LogP contribution in [0.25, 0.3) is 0 Å². The molecule has 3 aliphatic rings. The average Bonchev–Trinajstić information content (AvgIpc) is 3.40. The molecule has 0 bridgehead atoms. The van der Waals surface area contributed by atoms with E-state index in [2.05, 4.69) is 60.3 Å². The minimum absolute atomic E-state index is 0.120. The molecule has 0 N–H and O–H groups in total. The van der Waals surface area contributed by atoms with Crippen LogP contribution in [-0.4, -0.2) is 42.9 Å². The van der Waals surface area contributed by atoms with E-state index in [9.17, 15) is 10.1 Å². The summed E-state index contributed by atoms with van der Waals surface area (Å²) < 4.78 is 0. The number of likely N-dealkylation sites (tertiary alicyclic amines) is 1. The van der Waals surface area contributed by atoms with Crippen molar-refractivity contribution in [2.45, 2.75) is 63.3 Å². The highest BCUT2D eigenvalue weighted by Gasteiger charge is 2.49. The van der Waals surface area contributed by atoms with Crippen molar-refractivity contribution in [2.75, 3.05) is 27.2 Å². The van der Waals surface area contributed by atoms with Gasteiger partial charge in [-0.05, 0) is 76.4 Å². The second-order valence-corrected chi connectivity index (χ2v) is 9.75. The average molecular weight is 380 g/mol. The van der Waals surface area contributed by atoms with E-state index in [4.69, 9.17) is 0 Å². The summed E-state index contributed by atoms with van der Waals surface area (Å²) in [6.45, 7) is 1.82. The highest BCUT2D eigenvalue weighted by atomic mass is 16.2. The molecule has 2 saturated carbocycles. The number of nitrogens with zero attached hydrogens (tertiary/aromatic N) is 3. The minimum Gasteiger partial charge on any atom is -0.342 e. The molecule has 0 aromatic heterocycles. The summed E-state index contributed by atoms with van der Waals surface area (Å²) in [5.74, 6) is 0.269. The quantitative estimate of drug-likeness (QED) is 0.765. The van der Waals surface area contributed by atoms with Gasteiger partial charge in [0, 0.05) is 25.0 Å². The first kappa shape index (κ1) is 19.5. The SMILES string of the molecule is CN(C)C1(c2ccccc2)CCC2(CCN(C(=O)CCC3(C#N)CC3)C2)CC1. The highest BCUT2D eigenvalue weighted by Crippen LogP contribution is 2.52. The van der Waals surface area contributed by atoms with E-state index in [-0.39, 0.29) is 16.9 Å². The monoisotopic (exact) mass is 379 g/mol. The molecular formula is C24H33N3O. The molecule has 28 heavy (non-hydrogen) atoms.